The van der Waals surface area contributed by atoms with Crippen LogP contribution >= 0.6 is 0 Å². The highest BCUT2D eigenvalue weighted by Crippen LogP contribution is 2.29. The van der Waals surface area contributed by atoms with Gasteiger partial charge in [-0.2, -0.15) is 0 Å². The van der Waals surface area contributed by atoms with Gasteiger partial charge in [-0.25, -0.2) is 0 Å². The fraction of sp³-hybridized carbons (Fsp3) is 0.667. The summed E-state index contributed by atoms with van der Waals surface area (Å²) in [5, 5.41) is 13.5. The molecule has 2 aliphatic rings. The quantitative estimate of drug-likeness (QED) is 0.493. The Morgan fingerprint density at radius 1 is 1.25 bits per heavy atom. The highest BCUT2D eigenvalue weighted by Gasteiger charge is 2.23. The van der Waals surface area contributed by atoms with Crippen molar-refractivity contribution < 1.29 is 14.6 Å². The van der Waals surface area contributed by atoms with Gasteiger partial charge in [0.2, 0.25) is 0 Å². The van der Waals surface area contributed by atoms with Gasteiger partial charge in [0, 0.05) is 39.3 Å². The van der Waals surface area contributed by atoms with E-state index >= 15 is 0 Å². The van der Waals surface area contributed by atoms with Crippen LogP contribution in [-0.2, 0) is 4.74 Å². The molecule has 1 aromatic rings. The lowest BCUT2D eigenvalue weighted by molar-refractivity contribution is 0.0367. The van der Waals surface area contributed by atoms with Crippen LogP contribution in [0.25, 0.3) is 0 Å². The van der Waals surface area contributed by atoms with Crippen molar-refractivity contribution in [2.75, 3.05) is 64.5 Å². The van der Waals surface area contributed by atoms with Crippen LogP contribution in [0.4, 0.5) is 5.69 Å². The number of methoxy groups -OCH3 is 1. The number of aliphatic hydroxyl groups is 1. The molecular weight excluding hydrogens is 356 g/mol. The zero-order chi connectivity index (χ0) is 19.8. The van der Waals surface area contributed by atoms with Gasteiger partial charge in [0.25, 0.3) is 0 Å². The topological polar surface area (TPSA) is 69.6 Å². The summed E-state index contributed by atoms with van der Waals surface area (Å²) in [6.45, 7) is 7.91. The average molecular weight is 391 g/mol. The lowest BCUT2D eigenvalue weighted by atomic mass is 10.2. The number of piperazine rings is 1. The van der Waals surface area contributed by atoms with Crippen LogP contribution in [0.5, 0.6) is 5.75 Å². The lowest BCUT2D eigenvalue weighted by Gasteiger charge is -2.38. The summed E-state index contributed by atoms with van der Waals surface area (Å²) >= 11 is 0. The van der Waals surface area contributed by atoms with E-state index in [9.17, 15) is 5.11 Å². The maximum atomic E-state index is 10.1. The monoisotopic (exact) mass is 390 g/mol. The van der Waals surface area contributed by atoms with Gasteiger partial charge in [-0.3, -0.25) is 4.99 Å². The van der Waals surface area contributed by atoms with E-state index in [0.29, 0.717) is 19.1 Å². The van der Waals surface area contributed by atoms with E-state index in [2.05, 4.69) is 33.1 Å². The molecule has 7 nitrogen and oxygen atoms in total. The molecule has 7 heteroatoms. The fourth-order valence-electron chi connectivity index (χ4n) is 3.38. The van der Waals surface area contributed by atoms with Crippen molar-refractivity contribution >= 4 is 11.6 Å². The Labute approximate surface area is 168 Å². The van der Waals surface area contributed by atoms with E-state index in [-0.39, 0.29) is 0 Å². The third-order valence-electron chi connectivity index (χ3n) is 5.15. The molecule has 28 heavy (non-hydrogen) atoms. The summed E-state index contributed by atoms with van der Waals surface area (Å²) in [4.78, 5) is 9.24. The van der Waals surface area contributed by atoms with Gasteiger partial charge in [-0.05, 0) is 37.8 Å². The molecule has 1 aromatic carbocycles. The summed E-state index contributed by atoms with van der Waals surface area (Å²) in [6.07, 6.45) is 1.97. The minimum atomic E-state index is -0.553. The molecule has 1 saturated heterocycles. The first-order valence-corrected chi connectivity index (χ1v) is 10.4. The molecule has 156 valence electrons. The van der Waals surface area contributed by atoms with Crippen LogP contribution in [0.3, 0.4) is 0 Å². The summed E-state index contributed by atoms with van der Waals surface area (Å²) in [5.41, 5.74) is 1.13. The normalized spacial score (nSPS) is 18.9. The minimum Gasteiger partial charge on any atom is -0.495 e. The maximum absolute atomic E-state index is 10.1. The largest absolute Gasteiger partial charge is 0.495 e. The highest BCUT2D eigenvalue weighted by atomic mass is 16.5. The van der Waals surface area contributed by atoms with Crippen molar-refractivity contribution in [3.05, 3.63) is 24.3 Å². The minimum absolute atomic E-state index is 0.361. The van der Waals surface area contributed by atoms with E-state index in [1.54, 1.807) is 7.11 Å². The Morgan fingerprint density at radius 3 is 2.68 bits per heavy atom. The zero-order valence-corrected chi connectivity index (χ0v) is 17.1. The Morgan fingerprint density at radius 2 is 2.00 bits per heavy atom. The first kappa shape index (κ1) is 20.7. The maximum Gasteiger partial charge on any atom is 0.194 e. The van der Waals surface area contributed by atoms with Crippen molar-refractivity contribution in [2.45, 2.75) is 25.9 Å². The molecule has 0 aromatic heterocycles. The number of guanidine groups is 1. The van der Waals surface area contributed by atoms with Gasteiger partial charge >= 0.3 is 0 Å². The van der Waals surface area contributed by atoms with E-state index < -0.39 is 6.10 Å². The number of para-hydroxylation sites is 2. The zero-order valence-electron chi connectivity index (χ0n) is 17.1. The number of hydrogen-bond acceptors (Lipinski definition) is 5. The first-order valence-electron chi connectivity index (χ1n) is 10.4. The molecule has 1 aliphatic heterocycles. The number of ether oxygens (including phenoxy) is 2. The average Bonchev–Trinajstić information content (AvgIpc) is 3.55. The molecule has 3 rings (SSSR count). The van der Waals surface area contributed by atoms with Crippen LogP contribution in [0.1, 0.15) is 19.8 Å². The number of aliphatic imine (C=N–C) groups is 1. The fourth-order valence-corrected chi connectivity index (χ4v) is 3.38. The van der Waals surface area contributed by atoms with Crippen molar-refractivity contribution in [1.29, 1.82) is 0 Å². The number of nitrogens with one attached hydrogen (secondary N) is 1. The molecule has 1 atom stereocenters. The van der Waals surface area contributed by atoms with E-state index in [1.165, 1.54) is 12.8 Å². The summed E-state index contributed by atoms with van der Waals surface area (Å²) in [5.74, 6) is 2.49. The van der Waals surface area contributed by atoms with Crippen LogP contribution in [0.15, 0.2) is 29.3 Å². The first-order chi connectivity index (χ1) is 13.7. The molecule has 2 fully saturated rings. The number of aliphatic hydroxyl groups excluding tert-OH is 1. The Kier molecular flexibility index (Phi) is 7.80. The van der Waals surface area contributed by atoms with E-state index in [0.717, 1.165) is 56.7 Å². The number of anilines is 1. The molecular formula is C21H34N4O3. The second-order valence-corrected chi connectivity index (χ2v) is 7.48. The lowest BCUT2D eigenvalue weighted by Crippen LogP contribution is -2.52. The van der Waals surface area contributed by atoms with Gasteiger partial charge in [0.1, 0.15) is 5.75 Å². The Balaban J connectivity index is 1.50. The van der Waals surface area contributed by atoms with E-state index in [1.807, 2.05) is 18.2 Å². The summed E-state index contributed by atoms with van der Waals surface area (Å²) in [7, 11) is 1.71. The highest BCUT2D eigenvalue weighted by molar-refractivity contribution is 5.80. The second kappa shape index (κ2) is 10.5. The smallest absolute Gasteiger partial charge is 0.194 e. The third-order valence-corrected chi connectivity index (χ3v) is 5.15. The third kappa shape index (κ3) is 6.01. The van der Waals surface area contributed by atoms with Crippen LogP contribution in [0, 0.1) is 5.92 Å². The Bertz CT molecular complexity index is 628. The SMILES string of the molecule is CCNC(=NCC(O)COCC1CC1)N1CCN(c2ccccc2OC)CC1. The van der Waals surface area contributed by atoms with Crippen molar-refractivity contribution in [1.82, 2.24) is 10.2 Å². The second-order valence-electron chi connectivity index (χ2n) is 7.48. The van der Waals surface area contributed by atoms with Crippen molar-refractivity contribution in [3.63, 3.8) is 0 Å². The van der Waals surface area contributed by atoms with Crippen LogP contribution < -0.4 is 15.0 Å². The number of rotatable bonds is 9. The van der Waals surface area contributed by atoms with Crippen LogP contribution in [-0.4, -0.2) is 81.7 Å². The van der Waals surface area contributed by atoms with Gasteiger partial charge in [0.15, 0.2) is 5.96 Å². The van der Waals surface area contributed by atoms with Crippen molar-refractivity contribution in [3.8, 4) is 5.75 Å². The van der Waals surface area contributed by atoms with Gasteiger partial charge in [0.05, 0.1) is 32.1 Å². The van der Waals surface area contributed by atoms with Gasteiger partial charge in [-0.1, -0.05) is 12.1 Å². The molecule has 1 unspecified atom stereocenters. The molecule has 2 N–H and O–H groups in total. The predicted octanol–water partition coefficient (Wildman–Crippen LogP) is 1.57. The van der Waals surface area contributed by atoms with E-state index in [4.69, 9.17) is 9.47 Å². The summed E-state index contributed by atoms with van der Waals surface area (Å²) < 4.78 is 11.1. The van der Waals surface area contributed by atoms with Crippen molar-refractivity contribution in [2.24, 2.45) is 10.9 Å². The molecule has 1 heterocycles. The predicted molar refractivity (Wildman–Crippen MR) is 112 cm³/mol. The summed E-state index contributed by atoms with van der Waals surface area (Å²) in [6, 6.07) is 8.14. The molecule has 1 saturated carbocycles. The number of hydrogen-bond donors (Lipinski definition) is 2. The van der Waals surface area contributed by atoms with Gasteiger partial charge < -0.3 is 29.7 Å². The standard InChI is InChI=1S/C21H34N4O3/c1-3-22-21(23-14-18(26)16-28-15-17-8-9-17)25-12-10-24(11-13-25)19-6-4-5-7-20(19)27-2/h4-7,17-18,26H,3,8-16H2,1-2H3,(H,22,23). The number of benzene rings is 1. The van der Waals surface area contributed by atoms with Crippen LogP contribution in [0.2, 0.25) is 0 Å². The molecule has 0 radical (unpaired) electrons. The Hall–Kier alpha value is -1.99. The molecule has 1 aliphatic carbocycles. The molecule has 0 amide bonds. The van der Waals surface area contributed by atoms with Gasteiger partial charge in [-0.15, -0.1) is 0 Å². The molecule has 0 bridgehead atoms. The number of nitrogens with zero attached hydrogens (tertiary/aromatic N) is 3. The molecule has 0 spiro atoms.